The predicted octanol–water partition coefficient (Wildman–Crippen LogP) is 4.59. The SMILES string of the molecule is CCOC(=O)CNC(=O)NCc1ccccc1-c1ccc([C@@H]2O[C@H](CN3CCC4(CC3)OCCO4)C[C@H](c3ccc(CO)cc3)O2)cc1. The number of likely N-dealkylation sites (tertiary alicyclic amines) is 1. The van der Waals surface area contributed by atoms with E-state index in [9.17, 15) is 14.7 Å². The second-order valence-corrected chi connectivity index (χ2v) is 12.4. The average molecular weight is 660 g/mol. The van der Waals surface area contributed by atoms with E-state index in [0.29, 0.717) is 13.2 Å². The number of nitrogens with one attached hydrogen (secondary N) is 2. The van der Waals surface area contributed by atoms with Crippen LogP contribution in [0.25, 0.3) is 11.1 Å². The lowest BCUT2D eigenvalue weighted by atomic mass is 9.97. The van der Waals surface area contributed by atoms with E-state index < -0.39 is 24.1 Å². The number of amides is 2. The van der Waals surface area contributed by atoms with E-state index in [0.717, 1.165) is 72.3 Å². The van der Waals surface area contributed by atoms with Crippen molar-refractivity contribution in [2.24, 2.45) is 0 Å². The second kappa shape index (κ2) is 16.0. The van der Waals surface area contributed by atoms with Gasteiger partial charge < -0.3 is 44.3 Å². The molecule has 0 aliphatic carbocycles. The van der Waals surface area contributed by atoms with E-state index in [-0.39, 0.29) is 38.5 Å². The van der Waals surface area contributed by atoms with Gasteiger partial charge in [-0.15, -0.1) is 0 Å². The summed E-state index contributed by atoms with van der Waals surface area (Å²) in [5.41, 5.74) is 5.74. The molecule has 3 N–H and O–H groups in total. The zero-order chi connectivity index (χ0) is 33.3. The van der Waals surface area contributed by atoms with Gasteiger partial charge in [-0.25, -0.2) is 4.79 Å². The molecule has 3 aromatic rings. The number of piperidine rings is 1. The number of ether oxygens (including phenoxy) is 5. The lowest BCUT2D eigenvalue weighted by Gasteiger charge is -2.41. The molecule has 3 heterocycles. The summed E-state index contributed by atoms with van der Waals surface area (Å²) in [6.45, 7) is 5.97. The van der Waals surface area contributed by atoms with E-state index >= 15 is 0 Å². The van der Waals surface area contributed by atoms with Crippen LogP contribution in [0.15, 0.2) is 72.8 Å². The smallest absolute Gasteiger partial charge is 0.325 e. The van der Waals surface area contributed by atoms with E-state index in [1.165, 1.54) is 0 Å². The minimum absolute atomic E-state index is 0.00172. The van der Waals surface area contributed by atoms with Crippen molar-refractivity contribution in [3.8, 4) is 11.1 Å². The molecule has 11 heteroatoms. The Kier molecular flexibility index (Phi) is 11.4. The van der Waals surface area contributed by atoms with Crippen LogP contribution in [0.3, 0.4) is 0 Å². The molecular formula is C37H45N3O8. The molecule has 0 radical (unpaired) electrons. The number of carbonyl (C=O) groups excluding carboxylic acids is 2. The van der Waals surface area contributed by atoms with Crippen molar-refractivity contribution >= 4 is 12.0 Å². The average Bonchev–Trinajstić information content (AvgIpc) is 3.59. The highest BCUT2D eigenvalue weighted by atomic mass is 16.7. The standard InChI is InChI=1S/C37H45N3O8/c1-2-44-34(42)23-39-36(43)38-22-30-5-3-4-6-32(30)27-11-13-29(14-12-27)35-47-31(21-33(48-35)28-9-7-26(25-41)8-10-28)24-40-17-15-37(16-18-40)45-19-20-46-37/h3-14,31,33,35,41H,2,15-25H2,1H3,(H2,38,39,43)/t31-,33+,35+/m0/s1. The third-order valence-corrected chi connectivity index (χ3v) is 9.16. The van der Waals surface area contributed by atoms with Crippen LogP contribution in [-0.2, 0) is 41.6 Å². The molecule has 0 unspecified atom stereocenters. The molecule has 3 aromatic carbocycles. The molecule has 3 atom stereocenters. The number of aliphatic hydroxyl groups excluding tert-OH is 1. The molecule has 48 heavy (non-hydrogen) atoms. The number of hydrogen-bond acceptors (Lipinski definition) is 9. The van der Waals surface area contributed by atoms with Gasteiger partial charge in [0.25, 0.3) is 0 Å². The van der Waals surface area contributed by atoms with Gasteiger partial charge in [-0.2, -0.15) is 0 Å². The summed E-state index contributed by atoms with van der Waals surface area (Å²) in [6.07, 6.45) is 1.64. The number of hydrogen-bond donors (Lipinski definition) is 3. The van der Waals surface area contributed by atoms with Crippen molar-refractivity contribution in [2.45, 2.75) is 63.6 Å². The van der Waals surface area contributed by atoms with Crippen LogP contribution in [0.4, 0.5) is 4.79 Å². The molecule has 0 bridgehead atoms. The van der Waals surface area contributed by atoms with Crippen molar-refractivity contribution in [1.29, 1.82) is 0 Å². The molecular weight excluding hydrogens is 614 g/mol. The largest absolute Gasteiger partial charge is 0.465 e. The number of esters is 1. The Morgan fingerprint density at radius 1 is 0.917 bits per heavy atom. The van der Waals surface area contributed by atoms with Crippen LogP contribution < -0.4 is 10.6 Å². The fourth-order valence-corrected chi connectivity index (χ4v) is 6.56. The molecule has 11 nitrogen and oxygen atoms in total. The van der Waals surface area contributed by atoms with E-state index in [1.54, 1.807) is 6.92 Å². The number of rotatable bonds is 11. The van der Waals surface area contributed by atoms with Crippen LogP contribution in [0.5, 0.6) is 0 Å². The summed E-state index contributed by atoms with van der Waals surface area (Å²) < 4.78 is 29.9. The summed E-state index contributed by atoms with van der Waals surface area (Å²) in [4.78, 5) is 26.3. The van der Waals surface area contributed by atoms with E-state index in [1.807, 2.05) is 72.8 Å². The molecule has 256 valence electrons. The number of nitrogens with zero attached hydrogens (tertiary/aromatic N) is 1. The Morgan fingerprint density at radius 2 is 1.62 bits per heavy atom. The van der Waals surface area contributed by atoms with Crippen LogP contribution >= 0.6 is 0 Å². The molecule has 6 rings (SSSR count). The maximum Gasteiger partial charge on any atom is 0.325 e. The summed E-state index contributed by atoms with van der Waals surface area (Å²) >= 11 is 0. The number of carbonyl (C=O) groups is 2. The van der Waals surface area contributed by atoms with Gasteiger partial charge in [0.2, 0.25) is 0 Å². The summed E-state index contributed by atoms with van der Waals surface area (Å²) in [6, 6.07) is 23.5. The van der Waals surface area contributed by atoms with E-state index in [2.05, 4.69) is 15.5 Å². The highest BCUT2D eigenvalue weighted by Gasteiger charge is 2.41. The summed E-state index contributed by atoms with van der Waals surface area (Å²) in [5, 5.41) is 14.9. The zero-order valence-electron chi connectivity index (χ0n) is 27.4. The van der Waals surface area contributed by atoms with Gasteiger partial charge in [0.1, 0.15) is 6.54 Å². The minimum Gasteiger partial charge on any atom is -0.465 e. The monoisotopic (exact) mass is 659 g/mol. The lowest BCUT2D eigenvalue weighted by Crippen LogP contribution is -2.48. The van der Waals surface area contributed by atoms with Crippen LogP contribution in [0, 0.1) is 0 Å². The summed E-state index contributed by atoms with van der Waals surface area (Å²) in [5.74, 6) is -0.898. The molecule has 3 aliphatic rings. The molecule has 0 saturated carbocycles. The third kappa shape index (κ3) is 8.59. The number of aliphatic hydroxyl groups is 1. The minimum atomic E-state index is -0.557. The topological polar surface area (TPSA) is 128 Å². The van der Waals surface area contributed by atoms with Gasteiger partial charge in [-0.3, -0.25) is 4.79 Å². The van der Waals surface area contributed by atoms with Gasteiger partial charge in [0, 0.05) is 51.0 Å². The van der Waals surface area contributed by atoms with E-state index in [4.69, 9.17) is 23.7 Å². The number of benzene rings is 3. The van der Waals surface area contributed by atoms with Crippen molar-refractivity contribution in [3.63, 3.8) is 0 Å². The zero-order valence-corrected chi connectivity index (χ0v) is 27.4. The molecule has 0 aromatic heterocycles. The highest BCUT2D eigenvalue weighted by molar-refractivity contribution is 5.81. The Morgan fingerprint density at radius 3 is 2.33 bits per heavy atom. The molecule has 2 amide bonds. The normalized spacial score (nSPS) is 22.3. The fourth-order valence-electron chi connectivity index (χ4n) is 6.56. The van der Waals surface area contributed by atoms with Gasteiger partial charge in [0.15, 0.2) is 12.1 Å². The second-order valence-electron chi connectivity index (χ2n) is 12.4. The first-order valence-electron chi connectivity index (χ1n) is 16.8. The molecule has 3 fully saturated rings. The first-order chi connectivity index (χ1) is 23.4. The van der Waals surface area contributed by atoms with Gasteiger partial charge in [-0.1, -0.05) is 72.8 Å². The van der Waals surface area contributed by atoms with Crippen molar-refractivity contribution in [3.05, 3.63) is 95.1 Å². The Bertz CT molecular complexity index is 1500. The molecule has 3 saturated heterocycles. The van der Waals surface area contributed by atoms with Crippen LogP contribution in [0.2, 0.25) is 0 Å². The third-order valence-electron chi connectivity index (χ3n) is 9.16. The maximum absolute atomic E-state index is 12.3. The predicted molar refractivity (Wildman–Crippen MR) is 177 cm³/mol. The molecule has 1 spiro atoms. The highest BCUT2D eigenvalue weighted by Crippen LogP contribution is 2.39. The van der Waals surface area contributed by atoms with Gasteiger partial charge in [0.05, 0.1) is 38.6 Å². The van der Waals surface area contributed by atoms with Crippen LogP contribution in [0.1, 0.15) is 60.8 Å². The van der Waals surface area contributed by atoms with Crippen molar-refractivity contribution < 1.29 is 38.4 Å². The van der Waals surface area contributed by atoms with Gasteiger partial charge in [-0.05, 0) is 34.7 Å². The Hall–Kier alpha value is -3.84. The maximum atomic E-state index is 12.3. The quantitative estimate of drug-likeness (QED) is 0.253. The first kappa shape index (κ1) is 34.0. The van der Waals surface area contributed by atoms with Gasteiger partial charge >= 0.3 is 12.0 Å². The molecule has 3 aliphatic heterocycles. The van der Waals surface area contributed by atoms with Crippen molar-refractivity contribution in [2.75, 3.05) is 46.0 Å². The van der Waals surface area contributed by atoms with Crippen molar-refractivity contribution in [1.82, 2.24) is 15.5 Å². The summed E-state index contributed by atoms with van der Waals surface area (Å²) in [7, 11) is 0. The van der Waals surface area contributed by atoms with Crippen LogP contribution in [-0.4, -0.2) is 79.9 Å². The fraction of sp³-hybridized carbons (Fsp3) is 0.459. The Labute approximate surface area is 281 Å². The Balaban J connectivity index is 1.13. The number of urea groups is 1. The lowest BCUT2D eigenvalue weighted by molar-refractivity contribution is -0.255. The first-order valence-corrected chi connectivity index (χ1v) is 16.8.